The van der Waals surface area contributed by atoms with E-state index in [0.29, 0.717) is 17.1 Å². The van der Waals surface area contributed by atoms with Gasteiger partial charge in [0, 0.05) is 19.2 Å². The number of nitrogens with zero attached hydrogens (tertiary/aromatic N) is 5. The van der Waals surface area contributed by atoms with Crippen molar-refractivity contribution in [1.82, 2.24) is 24.3 Å². The van der Waals surface area contributed by atoms with Crippen molar-refractivity contribution in [1.29, 1.82) is 0 Å². The van der Waals surface area contributed by atoms with Crippen LogP contribution in [0.2, 0.25) is 0 Å². The molecule has 0 atom stereocenters. The van der Waals surface area contributed by atoms with Gasteiger partial charge in [-0.15, -0.1) is 10.2 Å². The molecule has 0 aliphatic rings. The summed E-state index contributed by atoms with van der Waals surface area (Å²) in [6.45, 7) is 5.52. The van der Waals surface area contributed by atoms with Gasteiger partial charge in [-0.25, -0.2) is 9.37 Å². The van der Waals surface area contributed by atoms with Crippen LogP contribution in [0.5, 0.6) is 0 Å². The van der Waals surface area contributed by atoms with Crippen molar-refractivity contribution in [2.75, 3.05) is 0 Å². The van der Waals surface area contributed by atoms with Crippen LogP contribution < -0.4 is 0 Å². The van der Waals surface area contributed by atoms with E-state index < -0.39 is 0 Å². The van der Waals surface area contributed by atoms with Crippen LogP contribution in [0.1, 0.15) is 31.9 Å². The lowest BCUT2D eigenvalue weighted by atomic mass is 10.3. The van der Waals surface area contributed by atoms with Crippen LogP contribution >= 0.6 is 11.8 Å². The van der Waals surface area contributed by atoms with Gasteiger partial charge in [0.2, 0.25) is 0 Å². The number of rotatable bonds is 7. The van der Waals surface area contributed by atoms with E-state index in [9.17, 15) is 9.50 Å². The molecule has 2 aromatic heterocycles. The number of hydrogen-bond acceptors (Lipinski definition) is 5. The normalized spacial score (nSPS) is 11.5. The zero-order valence-electron chi connectivity index (χ0n) is 13.7. The van der Waals surface area contributed by atoms with Crippen LogP contribution in [0.15, 0.2) is 23.4 Å². The Labute approximate surface area is 143 Å². The third kappa shape index (κ3) is 3.16. The second-order valence-electron chi connectivity index (χ2n) is 5.40. The summed E-state index contributed by atoms with van der Waals surface area (Å²) >= 11 is 1.53. The molecule has 0 saturated carbocycles. The molecule has 0 aliphatic carbocycles. The minimum Gasteiger partial charge on any atom is -0.388 e. The molecule has 0 bridgehead atoms. The number of aliphatic hydroxyl groups is 1. The van der Waals surface area contributed by atoms with E-state index in [1.54, 1.807) is 6.07 Å². The summed E-state index contributed by atoms with van der Waals surface area (Å²) in [5.41, 5.74) is 1.60. The van der Waals surface area contributed by atoms with Gasteiger partial charge < -0.3 is 14.2 Å². The zero-order valence-corrected chi connectivity index (χ0v) is 14.6. The molecule has 0 unspecified atom stereocenters. The molecular weight excluding hydrogens is 329 g/mol. The third-order valence-electron chi connectivity index (χ3n) is 3.82. The van der Waals surface area contributed by atoms with Crippen LogP contribution in [-0.2, 0) is 25.4 Å². The van der Waals surface area contributed by atoms with E-state index in [2.05, 4.69) is 26.7 Å². The van der Waals surface area contributed by atoms with Crippen LogP contribution in [0.3, 0.4) is 0 Å². The molecule has 3 rings (SSSR count). The number of fused-ring (bicyclic) bond motifs is 1. The lowest BCUT2D eigenvalue weighted by Crippen LogP contribution is -2.05. The van der Waals surface area contributed by atoms with Gasteiger partial charge in [0.25, 0.3) is 0 Å². The average Bonchev–Trinajstić information content (AvgIpc) is 3.13. The van der Waals surface area contributed by atoms with Crippen molar-refractivity contribution in [3.05, 3.63) is 35.7 Å². The van der Waals surface area contributed by atoms with E-state index in [1.165, 1.54) is 23.9 Å². The Kier molecular flexibility index (Phi) is 5.15. The molecular formula is C16H20FN5OS. The first-order chi connectivity index (χ1) is 11.7. The van der Waals surface area contributed by atoms with Gasteiger partial charge in [0.15, 0.2) is 11.0 Å². The van der Waals surface area contributed by atoms with E-state index in [-0.39, 0.29) is 12.4 Å². The molecule has 0 radical (unpaired) electrons. The van der Waals surface area contributed by atoms with Crippen molar-refractivity contribution in [3.8, 4) is 0 Å². The van der Waals surface area contributed by atoms with Crippen molar-refractivity contribution in [3.63, 3.8) is 0 Å². The Morgan fingerprint density at radius 3 is 2.71 bits per heavy atom. The molecule has 3 aromatic rings. The quantitative estimate of drug-likeness (QED) is 0.664. The van der Waals surface area contributed by atoms with E-state index in [0.717, 1.165) is 36.0 Å². The Morgan fingerprint density at radius 2 is 2.00 bits per heavy atom. The Hall–Kier alpha value is -1.93. The smallest absolute Gasteiger partial charge is 0.191 e. The number of benzene rings is 1. The lowest BCUT2D eigenvalue weighted by molar-refractivity contribution is 0.263. The standard InChI is InChI=1S/C16H20FN5OS/c1-3-7-22-14(9-23)19-20-16(22)24-10-15-18-12-8-11(17)5-6-13(12)21(15)4-2/h5-6,8,23H,3-4,7,9-10H2,1-2H3. The molecule has 0 amide bonds. The highest BCUT2D eigenvalue weighted by atomic mass is 32.2. The van der Waals surface area contributed by atoms with Crippen molar-refractivity contribution in [2.24, 2.45) is 0 Å². The molecule has 2 heterocycles. The zero-order chi connectivity index (χ0) is 17.1. The molecule has 0 spiro atoms. The SMILES string of the molecule is CCCn1c(CO)nnc1SCc1nc2cc(F)ccc2n1CC. The van der Waals surface area contributed by atoms with Crippen molar-refractivity contribution in [2.45, 2.75) is 50.9 Å². The van der Waals surface area contributed by atoms with E-state index in [4.69, 9.17) is 0 Å². The number of aliphatic hydroxyl groups excluding tert-OH is 1. The molecule has 0 aliphatic heterocycles. The summed E-state index contributed by atoms with van der Waals surface area (Å²) < 4.78 is 17.4. The Bertz CT molecular complexity index is 844. The molecule has 24 heavy (non-hydrogen) atoms. The fraction of sp³-hybridized carbons (Fsp3) is 0.438. The summed E-state index contributed by atoms with van der Waals surface area (Å²) in [5.74, 6) is 1.78. The lowest BCUT2D eigenvalue weighted by Gasteiger charge is -2.08. The second kappa shape index (κ2) is 7.31. The van der Waals surface area contributed by atoms with Gasteiger partial charge in [-0.3, -0.25) is 0 Å². The van der Waals surface area contributed by atoms with Gasteiger partial charge in [0.1, 0.15) is 18.2 Å². The fourth-order valence-corrected chi connectivity index (χ4v) is 3.67. The van der Waals surface area contributed by atoms with Crippen molar-refractivity contribution < 1.29 is 9.50 Å². The van der Waals surface area contributed by atoms with E-state index in [1.807, 2.05) is 11.5 Å². The summed E-state index contributed by atoms with van der Waals surface area (Å²) in [7, 11) is 0. The maximum Gasteiger partial charge on any atom is 0.191 e. The van der Waals surface area contributed by atoms with Crippen LogP contribution in [-0.4, -0.2) is 29.4 Å². The molecule has 8 heteroatoms. The first-order valence-corrected chi connectivity index (χ1v) is 8.96. The highest BCUT2D eigenvalue weighted by molar-refractivity contribution is 7.98. The van der Waals surface area contributed by atoms with Gasteiger partial charge in [0.05, 0.1) is 16.8 Å². The number of halogens is 1. The third-order valence-corrected chi connectivity index (χ3v) is 4.78. The molecule has 0 fully saturated rings. The Morgan fingerprint density at radius 1 is 1.17 bits per heavy atom. The second-order valence-corrected chi connectivity index (χ2v) is 6.35. The summed E-state index contributed by atoms with van der Waals surface area (Å²) in [4.78, 5) is 4.56. The number of thioether (sulfide) groups is 1. The highest BCUT2D eigenvalue weighted by Crippen LogP contribution is 2.25. The van der Waals surface area contributed by atoms with Crippen LogP contribution in [0.25, 0.3) is 11.0 Å². The minimum absolute atomic E-state index is 0.125. The van der Waals surface area contributed by atoms with Crippen LogP contribution in [0, 0.1) is 5.82 Å². The number of aromatic nitrogens is 5. The average molecular weight is 349 g/mol. The van der Waals surface area contributed by atoms with Crippen LogP contribution in [0.4, 0.5) is 4.39 Å². The Balaban J connectivity index is 1.87. The first-order valence-electron chi connectivity index (χ1n) is 7.98. The maximum atomic E-state index is 13.4. The van der Waals surface area contributed by atoms with Gasteiger partial charge in [-0.1, -0.05) is 18.7 Å². The minimum atomic E-state index is -0.280. The number of aryl methyl sites for hydroxylation is 1. The predicted octanol–water partition coefficient (Wildman–Crippen LogP) is 2.98. The van der Waals surface area contributed by atoms with Gasteiger partial charge >= 0.3 is 0 Å². The summed E-state index contributed by atoms with van der Waals surface area (Å²) in [6, 6.07) is 4.68. The summed E-state index contributed by atoms with van der Waals surface area (Å²) in [6.07, 6.45) is 0.936. The predicted molar refractivity (Wildman–Crippen MR) is 91.2 cm³/mol. The molecule has 1 N–H and O–H groups in total. The molecule has 0 saturated heterocycles. The number of imidazole rings is 1. The fourth-order valence-electron chi connectivity index (χ4n) is 2.74. The largest absolute Gasteiger partial charge is 0.388 e. The maximum absolute atomic E-state index is 13.4. The molecule has 128 valence electrons. The topological polar surface area (TPSA) is 68.8 Å². The van der Waals surface area contributed by atoms with E-state index >= 15 is 0 Å². The molecule has 1 aromatic carbocycles. The highest BCUT2D eigenvalue weighted by Gasteiger charge is 2.15. The summed E-state index contributed by atoms with van der Waals surface area (Å²) in [5, 5.41) is 18.3. The number of hydrogen-bond donors (Lipinski definition) is 1. The molecule has 6 nitrogen and oxygen atoms in total. The first kappa shape index (κ1) is 16.9. The monoisotopic (exact) mass is 349 g/mol. The van der Waals surface area contributed by atoms with Gasteiger partial charge in [-0.2, -0.15) is 0 Å². The van der Waals surface area contributed by atoms with Gasteiger partial charge in [-0.05, 0) is 25.5 Å². The van der Waals surface area contributed by atoms with Crippen molar-refractivity contribution >= 4 is 22.8 Å².